The third kappa shape index (κ3) is 3.40. The van der Waals surface area contributed by atoms with Crippen molar-refractivity contribution >= 4 is 17.1 Å². The van der Waals surface area contributed by atoms with Crippen LogP contribution in [0.3, 0.4) is 0 Å². The standard InChI is InChI=1S/C18H17NO4/c1-2-22-16(20)11-12-8-9-15-14(10-12)19-18(23-15)17(21)13-6-4-3-5-7-13/h3-10,17,21H,2,11H2,1H3. The van der Waals surface area contributed by atoms with E-state index in [1.165, 1.54) is 0 Å². The molecule has 3 aromatic rings. The van der Waals surface area contributed by atoms with Gasteiger partial charge in [-0.25, -0.2) is 4.98 Å². The van der Waals surface area contributed by atoms with Crippen LogP contribution in [0.5, 0.6) is 0 Å². The number of aliphatic hydroxyl groups excluding tert-OH is 1. The maximum absolute atomic E-state index is 11.5. The van der Waals surface area contributed by atoms with E-state index in [0.717, 1.165) is 5.56 Å². The molecule has 1 N–H and O–H groups in total. The molecule has 1 unspecified atom stereocenters. The van der Waals surface area contributed by atoms with Crippen molar-refractivity contribution in [2.45, 2.75) is 19.4 Å². The molecule has 0 amide bonds. The fraction of sp³-hybridized carbons (Fsp3) is 0.222. The van der Waals surface area contributed by atoms with Gasteiger partial charge in [-0.2, -0.15) is 0 Å². The van der Waals surface area contributed by atoms with Gasteiger partial charge >= 0.3 is 5.97 Å². The number of hydrogen-bond donors (Lipinski definition) is 1. The number of ether oxygens (including phenoxy) is 1. The number of aromatic nitrogens is 1. The molecule has 3 rings (SSSR count). The van der Waals surface area contributed by atoms with Crippen LogP contribution in [0.2, 0.25) is 0 Å². The second-order valence-electron chi connectivity index (χ2n) is 5.15. The molecule has 1 atom stereocenters. The fourth-order valence-corrected chi connectivity index (χ4v) is 2.37. The second kappa shape index (κ2) is 6.62. The molecule has 1 heterocycles. The van der Waals surface area contributed by atoms with Crippen LogP contribution in [0.1, 0.15) is 30.0 Å². The average Bonchev–Trinajstić information content (AvgIpc) is 2.98. The minimum atomic E-state index is -0.919. The topological polar surface area (TPSA) is 72.6 Å². The quantitative estimate of drug-likeness (QED) is 0.733. The Morgan fingerprint density at radius 3 is 2.78 bits per heavy atom. The highest BCUT2D eigenvalue weighted by Crippen LogP contribution is 2.25. The molecule has 5 heteroatoms. The van der Waals surface area contributed by atoms with Gasteiger partial charge in [0, 0.05) is 0 Å². The molecule has 0 fully saturated rings. The van der Waals surface area contributed by atoms with Crippen molar-refractivity contribution in [1.82, 2.24) is 4.98 Å². The lowest BCUT2D eigenvalue weighted by molar-refractivity contribution is -0.142. The van der Waals surface area contributed by atoms with Crippen molar-refractivity contribution in [3.8, 4) is 0 Å². The van der Waals surface area contributed by atoms with Gasteiger partial charge in [0.15, 0.2) is 11.7 Å². The Balaban J connectivity index is 1.86. The summed E-state index contributed by atoms with van der Waals surface area (Å²) >= 11 is 0. The number of aliphatic hydroxyl groups is 1. The first-order valence-corrected chi connectivity index (χ1v) is 7.45. The third-order valence-corrected chi connectivity index (χ3v) is 3.47. The molecule has 5 nitrogen and oxygen atoms in total. The Bertz CT molecular complexity index is 810. The van der Waals surface area contributed by atoms with E-state index in [1.54, 1.807) is 25.1 Å². The summed E-state index contributed by atoms with van der Waals surface area (Å²) in [5.41, 5.74) is 2.69. The zero-order valence-corrected chi connectivity index (χ0v) is 12.7. The van der Waals surface area contributed by atoms with Crippen LogP contribution in [0.25, 0.3) is 11.1 Å². The van der Waals surface area contributed by atoms with Gasteiger partial charge in [0.1, 0.15) is 5.52 Å². The number of esters is 1. The highest BCUT2D eigenvalue weighted by molar-refractivity contribution is 5.77. The molecule has 118 valence electrons. The summed E-state index contributed by atoms with van der Waals surface area (Å²) in [5, 5.41) is 10.3. The Morgan fingerprint density at radius 2 is 2.04 bits per heavy atom. The molecule has 0 spiro atoms. The molecule has 1 aromatic heterocycles. The average molecular weight is 311 g/mol. The highest BCUT2D eigenvalue weighted by Gasteiger charge is 2.17. The van der Waals surface area contributed by atoms with Crippen molar-refractivity contribution in [2.24, 2.45) is 0 Å². The molecule has 0 radical (unpaired) electrons. The minimum Gasteiger partial charge on any atom is -0.466 e. The predicted octanol–water partition coefficient (Wildman–Crippen LogP) is 3.02. The van der Waals surface area contributed by atoms with Crippen LogP contribution in [-0.2, 0) is 16.0 Å². The lowest BCUT2D eigenvalue weighted by Crippen LogP contribution is -2.07. The summed E-state index contributed by atoms with van der Waals surface area (Å²) < 4.78 is 10.6. The Hall–Kier alpha value is -2.66. The smallest absolute Gasteiger partial charge is 0.310 e. The maximum atomic E-state index is 11.5. The first-order valence-electron chi connectivity index (χ1n) is 7.45. The van der Waals surface area contributed by atoms with Gasteiger partial charge in [0.05, 0.1) is 13.0 Å². The zero-order valence-electron chi connectivity index (χ0n) is 12.7. The van der Waals surface area contributed by atoms with Crippen molar-refractivity contribution in [3.63, 3.8) is 0 Å². The normalized spacial score (nSPS) is 12.3. The number of rotatable bonds is 5. The Morgan fingerprint density at radius 1 is 1.26 bits per heavy atom. The van der Waals surface area contributed by atoms with Crippen LogP contribution in [0.4, 0.5) is 0 Å². The van der Waals surface area contributed by atoms with Gasteiger partial charge in [-0.15, -0.1) is 0 Å². The highest BCUT2D eigenvalue weighted by atomic mass is 16.5. The van der Waals surface area contributed by atoms with Gasteiger partial charge in [-0.3, -0.25) is 4.79 Å². The van der Waals surface area contributed by atoms with E-state index in [2.05, 4.69) is 4.98 Å². The lowest BCUT2D eigenvalue weighted by Gasteiger charge is -2.05. The van der Waals surface area contributed by atoms with Gasteiger partial charge in [-0.05, 0) is 30.2 Å². The summed E-state index contributed by atoms with van der Waals surface area (Å²) in [6, 6.07) is 14.5. The summed E-state index contributed by atoms with van der Waals surface area (Å²) in [6.45, 7) is 2.13. The van der Waals surface area contributed by atoms with E-state index >= 15 is 0 Å². The summed E-state index contributed by atoms with van der Waals surface area (Å²) in [4.78, 5) is 15.9. The van der Waals surface area contributed by atoms with Crippen LogP contribution in [0, 0.1) is 0 Å². The molecule has 0 aliphatic heterocycles. The first kappa shape index (κ1) is 15.2. The van der Waals surface area contributed by atoms with E-state index in [-0.39, 0.29) is 18.3 Å². The third-order valence-electron chi connectivity index (χ3n) is 3.47. The fourth-order valence-electron chi connectivity index (χ4n) is 2.37. The zero-order chi connectivity index (χ0) is 16.2. The molecule has 0 aliphatic carbocycles. The molecule has 0 saturated carbocycles. The largest absolute Gasteiger partial charge is 0.466 e. The first-order chi connectivity index (χ1) is 11.2. The second-order valence-corrected chi connectivity index (χ2v) is 5.15. The van der Waals surface area contributed by atoms with Gasteiger partial charge < -0.3 is 14.3 Å². The number of carbonyl (C=O) groups excluding carboxylic acids is 1. The Labute approximate surface area is 133 Å². The van der Waals surface area contributed by atoms with Crippen molar-refractivity contribution < 1.29 is 19.1 Å². The van der Waals surface area contributed by atoms with Crippen LogP contribution >= 0.6 is 0 Å². The molecule has 0 bridgehead atoms. The van der Waals surface area contributed by atoms with Gasteiger partial charge in [0.2, 0.25) is 5.89 Å². The molecule has 2 aromatic carbocycles. The van der Waals surface area contributed by atoms with Crippen LogP contribution in [-0.4, -0.2) is 22.7 Å². The van der Waals surface area contributed by atoms with Crippen molar-refractivity contribution in [1.29, 1.82) is 0 Å². The molecule has 0 aliphatic rings. The van der Waals surface area contributed by atoms with Crippen molar-refractivity contribution in [3.05, 3.63) is 65.5 Å². The van der Waals surface area contributed by atoms with Crippen molar-refractivity contribution in [2.75, 3.05) is 6.61 Å². The minimum absolute atomic E-state index is 0.188. The van der Waals surface area contributed by atoms with E-state index in [0.29, 0.717) is 23.3 Å². The number of carbonyl (C=O) groups is 1. The monoisotopic (exact) mass is 311 g/mol. The lowest BCUT2D eigenvalue weighted by atomic mass is 10.1. The summed E-state index contributed by atoms with van der Waals surface area (Å²) in [6.07, 6.45) is -0.732. The van der Waals surface area contributed by atoms with E-state index < -0.39 is 6.10 Å². The number of benzene rings is 2. The van der Waals surface area contributed by atoms with E-state index in [9.17, 15) is 9.90 Å². The van der Waals surface area contributed by atoms with E-state index in [1.807, 2.05) is 30.3 Å². The number of hydrogen-bond acceptors (Lipinski definition) is 5. The summed E-state index contributed by atoms with van der Waals surface area (Å²) in [5.74, 6) is -0.0422. The number of fused-ring (bicyclic) bond motifs is 1. The molecular weight excluding hydrogens is 294 g/mol. The van der Waals surface area contributed by atoms with Gasteiger partial charge in [0.25, 0.3) is 0 Å². The van der Waals surface area contributed by atoms with Crippen LogP contribution in [0.15, 0.2) is 52.9 Å². The van der Waals surface area contributed by atoms with E-state index in [4.69, 9.17) is 9.15 Å². The number of nitrogens with zero attached hydrogens (tertiary/aromatic N) is 1. The van der Waals surface area contributed by atoms with Gasteiger partial charge in [-0.1, -0.05) is 36.4 Å². The maximum Gasteiger partial charge on any atom is 0.310 e. The molecular formula is C18H17NO4. The SMILES string of the molecule is CCOC(=O)Cc1ccc2oc(C(O)c3ccccc3)nc2c1. The Kier molecular flexibility index (Phi) is 4.39. The summed E-state index contributed by atoms with van der Waals surface area (Å²) in [7, 11) is 0. The number of oxazole rings is 1. The molecule has 23 heavy (non-hydrogen) atoms. The predicted molar refractivity (Wildman–Crippen MR) is 84.8 cm³/mol. The molecule has 0 saturated heterocycles. The van der Waals surface area contributed by atoms with Crippen LogP contribution < -0.4 is 0 Å².